The molecule has 208 valence electrons. The molecule has 0 spiro atoms. The van der Waals surface area contributed by atoms with Gasteiger partial charge in [-0.3, -0.25) is 0 Å². The molecule has 1 aliphatic rings. The monoisotopic (exact) mass is 541 g/mol. The lowest BCUT2D eigenvalue weighted by molar-refractivity contribution is 0.00135. The molecule has 1 saturated heterocycles. The molecule has 0 saturated carbocycles. The molecular formula is C24H39N5O7S. The van der Waals surface area contributed by atoms with Crippen LogP contribution in [0.3, 0.4) is 0 Å². The van der Waals surface area contributed by atoms with Crippen LogP contribution in [0.4, 0.5) is 0 Å². The van der Waals surface area contributed by atoms with Gasteiger partial charge >= 0.3 is 0 Å². The van der Waals surface area contributed by atoms with Gasteiger partial charge in [0.2, 0.25) is 0 Å². The van der Waals surface area contributed by atoms with Crippen LogP contribution in [0.5, 0.6) is 5.75 Å². The molecule has 37 heavy (non-hydrogen) atoms. The highest BCUT2D eigenvalue weighted by Crippen LogP contribution is 2.34. The van der Waals surface area contributed by atoms with Crippen molar-refractivity contribution in [3.05, 3.63) is 29.9 Å². The Kier molecular flexibility index (Phi) is 10.4. The average Bonchev–Trinajstić information content (AvgIpc) is 3.47. The van der Waals surface area contributed by atoms with Gasteiger partial charge in [0.25, 0.3) is 0 Å². The van der Waals surface area contributed by atoms with E-state index in [1.54, 1.807) is 21.1 Å². The summed E-state index contributed by atoms with van der Waals surface area (Å²) in [7, 11) is 0.869. The quantitative estimate of drug-likeness (QED) is 0.349. The summed E-state index contributed by atoms with van der Waals surface area (Å²) < 4.78 is 57.3. The molecule has 3 rings (SSSR count). The maximum Gasteiger partial charge on any atom is 0.163 e. The third-order valence-electron chi connectivity index (χ3n) is 6.28. The zero-order valence-corrected chi connectivity index (χ0v) is 23.5. The van der Waals surface area contributed by atoms with Gasteiger partial charge in [-0.2, -0.15) is 0 Å². The van der Waals surface area contributed by atoms with E-state index in [1.807, 2.05) is 25.3 Å². The molecule has 0 bridgehead atoms. The van der Waals surface area contributed by atoms with E-state index in [2.05, 4.69) is 20.2 Å². The van der Waals surface area contributed by atoms with Gasteiger partial charge in [-0.25, -0.2) is 18.4 Å². The van der Waals surface area contributed by atoms with Crippen molar-refractivity contribution in [2.45, 2.75) is 82.0 Å². The minimum atomic E-state index is -3.81. The molecule has 1 fully saturated rings. The van der Waals surface area contributed by atoms with E-state index in [0.717, 1.165) is 12.8 Å². The minimum absolute atomic E-state index is 0.0871. The van der Waals surface area contributed by atoms with Crippen molar-refractivity contribution < 1.29 is 32.1 Å². The molecule has 0 unspecified atom stereocenters. The van der Waals surface area contributed by atoms with Crippen LogP contribution in [0.15, 0.2) is 12.4 Å². The number of aromatic nitrogens is 5. The molecule has 0 radical (unpaired) electrons. The maximum absolute atomic E-state index is 13.8. The third kappa shape index (κ3) is 7.23. The lowest BCUT2D eigenvalue weighted by Gasteiger charge is -2.26. The molecule has 2 aromatic heterocycles. The van der Waals surface area contributed by atoms with E-state index >= 15 is 0 Å². The van der Waals surface area contributed by atoms with Gasteiger partial charge in [0.1, 0.15) is 23.8 Å². The van der Waals surface area contributed by atoms with Crippen LogP contribution in [0.1, 0.15) is 76.3 Å². The minimum Gasteiger partial charge on any atom is -0.494 e. The van der Waals surface area contributed by atoms with Crippen molar-refractivity contribution in [1.82, 2.24) is 24.7 Å². The molecule has 1 aliphatic heterocycles. The molecule has 3 heterocycles. The number of hydrogen-bond acceptors (Lipinski definition) is 11. The van der Waals surface area contributed by atoms with E-state index in [0.29, 0.717) is 30.6 Å². The van der Waals surface area contributed by atoms with E-state index in [9.17, 15) is 8.42 Å². The molecule has 12 nitrogen and oxygen atoms in total. The first kappa shape index (κ1) is 29.4. The van der Waals surface area contributed by atoms with Crippen molar-refractivity contribution in [2.75, 3.05) is 34.5 Å². The summed E-state index contributed by atoms with van der Waals surface area (Å²) in [6, 6.07) is -0.326. The van der Waals surface area contributed by atoms with Crippen LogP contribution in [0, 0.1) is 0 Å². The van der Waals surface area contributed by atoms with Gasteiger partial charge in [0, 0.05) is 14.2 Å². The number of ether oxygens (including phenoxy) is 5. The van der Waals surface area contributed by atoms with Gasteiger partial charge in [-0.1, -0.05) is 0 Å². The largest absolute Gasteiger partial charge is 0.494 e. The van der Waals surface area contributed by atoms with E-state index in [4.69, 9.17) is 23.7 Å². The van der Waals surface area contributed by atoms with Crippen LogP contribution >= 0.6 is 0 Å². The number of sulfone groups is 1. The highest BCUT2D eigenvalue weighted by atomic mass is 32.2. The molecule has 2 aromatic rings. The predicted molar refractivity (Wildman–Crippen MR) is 135 cm³/mol. The Labute approximate surface area is 219 Å². The molecule has 13 heteroatoms. The zero-order valence-electron chi connectivity index (χ0n) is 22.7. The Balaban J connectivity index is 1.96. The standard InChI is InChI=1S/C24H39N5O7S/c1-15(2)35-22(23-25-10-19(34-7)11-26-23)17(4)37(30,31)14-21-27-28-24(20-9-8-16(3)36-20)29(21)18(12-32-5)13-33-6/h10-11,15-18,20,22H,8-9,12-14H2,1-7H3/t16-,17+,20-,22-/m1/s1. The van der Waals surface area contributed by atoms with Crippen molar-refractivity contribution in [2.24, 2.45) is 0 Å². The zero-order chi connectivity index (χ0) is 27.2. The molecule has 4 atom stereocenters. The van der Waals surface area contributed by atoms with Crippen molar-refractivity contribution >= 4 is 9.84 Å². The van der Waals surface area contributed by atoms with Crippen molar-refractivity contribution in [3.8, 4) is 5.75 Å². The summed E-state index contributed by atoms with van der Waals surface area (Å²) in [4.78, 5) is 8.59. The average molecular weight is 542 g/mol. The van der Waals surface area contributed by atoms with Crippen molar-refractivity contribution in [1.29, 1.82) is 0 Å². The number of nitrogens with zero attached hydrogens (tertiary/aromatic N) is 5. The summed E-state index contributed by atoms with van der Waals surface area (Å²) in [5.41, 5.74) is 0. The van der Waals surface area contributed by atoms with Gasteiger partial charge in [0.15, 0.2) is 27.2 Å². The maximum atomic E-state index is 13.8. The van der Waals surface area contributed by atoms with E-state index < -0.39 is 21.2 Å². The summed E-state index contributed by atoms with van der Waals surface area (Å²) >= 11 is 0. The highest BCUT2D eigenvalue weighted by Gasteiger charge is 2.37. The lowest BCUT2D eigenvalue weighted by atomic mass is 10.2. The molecule has 0 N–H and O–H groups in total. The first-order valence-corrected chi connectivity index (χ1v) is 14.1. The first-order chi connectivity index (χ1) is 17.6. The van der Waals surface area contributed by atoms with Crippen LogP contribution in [-0.2, 0) is 34.5 Å². The Hall–Kier alpha value is -2.19. The smallest absolute Gasteiger partial charge is 0.163 e. The third-order valence-corrected chi connectivity index (χ3v) is 8.32. The van der Waals surface area contributed by atoms with Gasteiger partial charge < -0.3 is 28.3 Å². The first-order valence-electron chi connectivity index (χ1n) is 12.4. The second kappa shape index (κ2) is 13.1. The number of rotatable bonds is 14. The number of methoxy groups -OCH3 is 3. The molecular weight excluding hydrogens is 502 g/mol. The Bertz CT molecular complexity index is 1090. The van der Waals surface area contributed by atoms with Crippen LogP contribution in [-0.4, -0.2) is 85.2 Å². The second-order valence-corrected chi connectivity index (χ2v) is 11.9. The second-order valence-electron chi connectivity index (χ2n) is 9.52. The summed E-state index contributed by atoms with van der Waals surface area (Å²) in [5, 5.41) is 7.71. The van der Waals surface area contributed by atoms with Gasteiger partial charge in [-0.05, 0) is 40.5 Å². The van der Waals surface area contributed by atoms with Crippen LogP contribution in [0.25, 0.3) is 0 Å². The van der Waals surface area contributed by atoms with Gasteiger partial charge in [0.05, 0.1) is 56.2 Å². The van der Waals surface area contributed by atoms with Crippen LogP contribution in [0.2, 0.25) is 0 Å². The fraction of sp³-hybridized carbons (Fsp3) is 0.750. The number of hydrogen-bond donors (Lipinski definition) is 0. The van der Waals surface area contributed by atoms with Gasteiger partial charge in [-0.15, -0.1) is 10.2 Å². The SMILES string of the molecule is COCC(COC)n1c(CS(=O)(=O)[C@@H](C)[C@@H](OC(C)C)c2ncc(OC)cn2)nnc1[C@H]1CC[C@@H](C)O1. The molecule has 0 aromatic carbocycles. The Morgan fingerprint density at radius 2 is 1.70 bits per heavy atom. The van der Waals surface area contributed by atoms with Crippen LogP contribution < -0.4 is 4.74 Å². The highest BCUT2D eigenvalue weighted by molar-refractivity contribution is 7.91. The summed E-state index contributed by atoms with van der Waals surface area (Å²) in [6.45, 7) is 7.86. The topological polar surface area (TPSA) is 137 Å². The fourth-order valence-electron chi connectivity index (χ4n) is 4.38. The summed E-state index contributed by atoms with van der Waals surface area (Å²) in [6.07, 6.45) is 3.30. The normalized spacial score (nSPS) is 20.0. The molecule has 0 amide bonds. The lowest BCUT2D eigenvalue weighted by Crippen LogP contribution is -2.33. The van der Waals surface area contributed by atoms with E-state index in [-0.39, 0.29) is 35.9 Å². The van der Waals surface area contributed by atoms with Crippen molar-refractivity contribution in [3.63, 3.8) is 0 Å². The molecule has 0 aliphatic carbocycles. The van der Waals surface area contributed by atoms with E-state index in [1.165, 1.54) is 19.5 Å². The summed E-state index contributed by atoms with van der Waals surface area (Å²) in [5.74, 6) is 1.24. The Morgan fingerprint density at radius 1 is 1.05 bits per heavy atom. The predicted octanol–water partition coefficient (Wildman–Crippen LogP) is 2.62. The fourth-order valence-corrected chi connectivity index (χ4v) is 5.76. The Morgan fingerprint density at radius 3 is 2.22 bits per heavy atom.